The molecule has 0 aliphatic rings. The van der Waals surface area contributed by atoms with Gasteiger partial charge in [-0.05, 0) is 81.2 Å². The van der Waals surface area contributed by atoms with Crippen molar-refractivity contribution in [1.29, 1.82) is 0 Å². The first-order valence-electron chi connectivity index (χ1n) is 14.2. The highest BCUT2D eigenvalue weighted by molar-refractivity contribution is 6.36. The lowest BCUT2D eigenvalue weighted by Gasteiger charge is -2.10. The number of para-hydroxylation sites is 1. The average Bonchev–Trinajstić information content (AvgIpc) is 3.40. The molecule has 0 amide bonds. The average molecular weight is 556 g/mol. The Kier molecular flexibility index (Phi) is 5.91. The highest BCUT2D eigenvalue weighted by atomic mass is 35.5. The van der Waals surface area contributed by atoms with Gasteiger partial charge in [0.1, 0.15) is 0 Å². The molecule has 2 heteroatoms. The molecule has 0 atom stereocenters. The van der Waals surface area contributed by atoms with Gasteiger partial charge in [-0.3, -0.25) is 0 Å². The zero-order chi connectivity index (χ0) is 28.0. The van der Waals surface area contributed by atoms with Crippen molar-refractivity contribution in [2.24, 2.45) is 0 Å². The molecule has 8 rings (SSSR count). The van der Waals surface area contributed by atoms with E-state index in [-0.39, 0.29) is 0 Å². The Morgan fingerprint density at radius 3 is 1.88 bits per heavy atom. The molecule has 0 bridgehead atoms. The van der Waals surface area contributed by atoms with Gasteiger partial charge in [0.2, 0.25) is 0 Å². The van der Waals surface area contributed by atoms with Crippen molar-refractivity contribution < 1.29 is 0 Å². The molecule has 42 heavy (non-hydrogen) atoms. The minimum Gasteiger partial charge on any atom is -0.309 e. The molecule has 0 spiro atoms. The Labute approximate surface area is 249 Å². The van der Waals surface area contributed by atoms with Crippen LogP contribution in [0.4, 0.5) is 0 Å². The largest absolute Gasteiger partial charge is 0.309 e. The van der Waals surface area contributed by atoms with Crippen molar-refractivity contribution in [3.63, 3.8) is 0 Å². The summed E-state index contributed by atoms with van der Waals surface area (Å²) in [5, 5.41) is 5.48. The van der Waals surface area contributed by atoms with E-state index in [4.69, 9.17) is 11.6 Å². The van der Waals surface area contributed by atoms with Gasteiger partial charge in [0.25, 0.3) is 0 Å². The molecule has 7 aromatic carbocycles. The van der Waals surface area contributed by atoms with E-state index in [9.17, 15) is 0 Å². The number of halogens is 1. The standard InChI is InChI=1S/C40H26ClN/c41-37-23-22-32(34-17-7-8-18-35(34)37)30-21-24-38-36(26-30)40-33(19-10-20-39(40)42(38)31-15-5-2-6-16-31)29-14-9-13-28(25-29)27-11-3-1-4-12-27/h1-26H. The van der Waals surface area contributed by atoms with E-state index in [0.717, 1.165) is 21.5 Å². The van der Waals surface area contributed by atoms with Gasteiger partial charge in [0, 0.05) is 26.9 Å². The number of aromatic nitrogens is 1. The minimum atomic E-state index is 0.775. The smallest absolute Gasteiger partial charge is 0.0547 e. The van der Waals surface area contributed by atoms with Crippen LogP contribution in [0.3, 0.4) is 0 Å². The molecule has 0 aliphatic carbocycles. The molecule has 0 saturated carbocycles. The summed E-state index contributed by atoms with van der Waals surface area (Å²) < 4.78 is 2.39. The van der Waals surface area contributed by atoms with Crippen molar-refractivity contribution >= 4 is 44.2 Å². The number of rotatable bonds is 4. The van der Waals surface area contributed by atoms with Gasteiger partial charge in [-0.15, -0.1) is 0 Å². The quantitative estimate of drug-likeness (QED) is 0.203. The second-order valence-corrected chi connectivity index (χ2v) is 11.1. The highest BCUT2D eigenvalue weighted by Gasteiger charge is 2.18. The van der Waals surface area contributed by atoms with Crippen LogP contribution in [0.5, 0.6) is 0 Å². The van der Waals surface area contributed by atoms with Crippen molar-refractivity contribution in [2.75, 3.05) is 0 Å². The molecule has 0 fully saturated rings. The van der Waals surface area contributed by atoms with Gasteiger partial charge in [-0.2, -0.15) is 0 Å². The Hall–Kier alpha value is -5.11. The molecule has 0 saturated heterocycles. The molecule has 1 heterocycles. The fourth-order valence-electron chi connectivity index (χ4n) is 6.34. The molecular weight excluding hydrogens is 530 g/mol. The topological polar surface area (TPSA) is 4.93 Å². The monoisotopic (exact) mass is 555 g/mol. The summed E-state index contributed by atoms with van der Waals surface area (Å²) in [5.74, 6) is 0. The van der Waals surface area contributed by atoms with Crippen LogP contribution < -0.4 is 0 Å². The van der Waals surface area contributed by atoms with E-state index in [0.29, 0.717) is 0 Å². The van der Waals surface area contributed by atoms with E-state index in [1.807, 2.05) is 12.1 Å². The number of fused-ring (bicyclic) bond motifs is 4. The van der Waals surface area contributed by atoms with E-state index in [2.05, 4.69) is 150 Å². The van der Waals surface area contributed by atoms with E-state index >= 15 is 0 Å². The Balaban J connectivity index is 1.43. The normalized spacial score (nSPS) is 11.5. The van der Waals surface area contributed by atoms with Gasteiger partial charge >= 0.3 is 0 Å². The predicted octanol–water partition coefficient (Wildman–Crippen LogP) is 11.6. The molecule has 0 aliphatic heterocycles. The Morgan fingerprint density at radius 1 is 0.381 bits per heavy atom. The minimum absolute atomic E-state index is 0.775. The number of hydrogen-bond donors (Lipinski definition) is 0. The van der Waals surface area contributed by atoms with Gasteiger partial charge in [-0.1, -0.05) is 127 Å². The van der Waals surface area contributed by atoms with Gasteiger partial charge in [0.05, 0.1) is 11.0 Å². The maximum absolute atomic E-state index is 6.60. The van der Waals surface area contributed by atoms with Gasteiger partial charge in [-0.25, -0.2) is 0 Å². The SMILES string of the molecule is Clc1ccc(-c2ccc3c(c2)c2c(-c4cccc(-c5ccccc5)c4)cccc2n3-c2ccccc2)c2ccccc12. The van der Waals surface area contributed by atoms with Crippen molar-refractivity contribution in [1.82, 2.24) is 4.57 Å². The summed E-state index contributed by atoms with van der Waals surface area (Å²) in [5.41, 5.74) is 10.7. The second kappa shape index (κ2) is 10.1. The zero-order valence-electron chi connectivity index (χ0n) is 22.8. The van der Waals surface area contributed by atoms with Gasteiger partial charge in [0.15, 0.2) is 0 Å². The maximum Gasteiger partial charge on any atom is 0.0547 e. The molecule has 1 aromatic heterocycles. The van der Waals surface area contributed by atoms with Crippen LogP contribution in [0.2, 0.25) is 5.02 Å². The van der Waals surface area contributed by atoms with Crippen LogP contribution >= 0.6 is 11.6 Å². The molecule has 0 N–H and O–H groups in total. The van der Waals surface area contributed by atoms with E-state index < -0.39 is 0 Å². The summed E-state index contributed by atoms with van der Waals surface area (Å²) in [6.07, 6.45) is 0. The molecule has 1 nitrogen and oxygen atoms in total. The van der Waals surface area contributed by atoms with Crippen LogP contribution in [-0.4, -0.2) is 4.57 Å². The second-order valence-electron chi connectivity index (χ2n) is 10.7. The summed E-state index contributed by atoms with van der Waals surface area (Å²) in [7, 11) is 0. The van der Waals surface area contributed by atoms with Crippen LogP contribution in [0.1, 0.15) is 0 Å². The summed E-state index contributed by atoms with van der Waals surface area (Å²) in [4.78, 5) is 0. The molecule has 0 unspecified atom stereocenters. The molecule has 8 aromatic rings. The third-order valence-electron chi connectivity index (χ3n) is 8.27. The molecule has 198 valence electrons. The van der Waals surface area contributed by atoms with Crippen LogP contribution in [0, 0.1) is 0 Å². The van der Waals surface area contributed by atoms with Gasteiger partial charge < -0.3 is 4.57 Å². The lowest BCUT2D eigenvalue weighted by atomic mass is 9.94. The van der Waals surface area contributed by atoms with Crippen molar-refractivity contribution in [2.45, 2.75) is 0 Å². The molecule has 0 radical (unpaired) electrons. The van der Waals surface area contributed by atoms with E-state index in [1.54, 1.807) is 0 Å². The van der Waals surface area contributed by atoms with Crippen LogP contribution in [0.25, 0.3) is 71.6 Å². The summed E-state index contributed by atoms with van der Waals surface area (Å²) in [6.45, 7) is 0. The Morgan fingerprint density at radius 2 is 1.05 bits per heavy atom. The molecular formula is C40H26ClN. The van der Waals surface area contributed by atoms with Crippen molar-refractivity contribution in [3.05, 3.63) is 163 Å². The van der Waals surface area contributed by atoms with E-state index in [1.165, 1.54) is 55.2 Å². The zero-order valence-corrected chi connectivity index (χ0v) is 23.6. The third-order valence-corrected chi connectivity index (χ3v) is 8.60. The fourth-order valence-corrected chi connectivity index (χ4v) is 6.57. The van der Waals surface area contributed by atoms with Crippen molar-refractivity contribution in [3.8, 4) is 39.1 Å². The number of hydrogen-bond acceptors (Lipinski definition) is 0. The fraction of sp³-hybridized carbons (Fsp3) is 0. The third kappa shape index (κ3) is 4.02. The summed E-state index contributed by atoms with van der Waals surface area (Å²) in [6, 6.07) is 56.2. The lowest BCUT2D eigenvalue weighted by Crippen LogP contribution is -1.93. The first-order chi connectivity index (χ1) is 20.8. The first kappa shape index (κ1) is 24.7. The first-order valence-corrected chi connectivity index (χ1v) is 14.6. The summed E-state index contributed by atoms with van der Waals surface area (Å²) >= 11 is 6.60. The van der Waals surface area contributed by atoms with Crippen LogP contribution in [0.15, 0.2) is 158 Å². The maximum atomic E-state index is 6.60. The van der Waals surface area contributed by atoms with Crippen LogP contribution in [-0.2, 0) is 0 Å². The Bertz CT molecular complexity index is 2240. The predicted molar refractivity (Wildman–Crippen MR) is 180 cm³/mol. The number of nitrogens with zero attached hydrogens (tertiary/aromatic N) is 1. The number of benzene rings is 7. The highest BCUT2D eigenvalue weighted by Crippen LogP contribution is 2.42. The lowest BCUT2D eigenvalue weighted by molar-refractivity contribution is 1.18.